The van der Waals surface area contributed by atoms with Gasteiger partial charge in [-0.15, -0.1) is 0 Å². The molecule has 0 aliphatic heterocycles. The molecule has 0 spiro atoms. The molecule has 0 aliphatic rings. The fraction of sp³-hybridized carbons (Fsp3) is 0.571. The lowest BCUT2D eigenvalue weighted by atomic mass is 9.80. The third-order valence-electron chi connectivity index (χ3n) is 2.49. The van der Waals surface area contributed by atoms with Crippen LogP contribution in [0.4, 0.5) is 0 Å². The van der Waals surface area contributed by atoms with Crippen molar-refractivity contribution in [2.45, 2.75) is 52.4 Å². The molecule has 0 aliphatic carbocycles. The molecule has 1 heteroatoms. The maximum absolute atomic E-state index is 6.45. The molecule has 0 saturated carbocycles. The molecule has 1 radical (unpaired) electrons. The minimum absolute atomic E-state index is 0.0539. The van der Waals surface area contributed by atoms with E-state index < -0.39 is 0 Å². The van der Waals surface area contributed by atoms with Crippen LogP contribution in [0.25, 0.3) is 0 Å². The molecular weight excluding hydrogens is 204 g/mol. The molecule has 1 aromatic carbocycles. The summed E-state index contributed by atoms with van der Waals surface area (Å²) in [6.45, 7) is 13.0. The van der Waals surface area contributed by atoms with Gasteiger partial charge in [-0.05, 0) is 28.0 Å². The van der Waals surface area contributed by atoms with Crippen LogP contribution in [-0.4, -0.2) is 0 Å². The molecule has 0 amide bonds. The first kappa shape index (κ1) is 12.6. The van der Waals surface area contributed by atoms with Crippen molar-refractivity contribution in [3.8, 4) is 0 Å². The third kappa shape index (κ3) is 2.75. The Hall–Kier alpha value is -0.490. The van der Waals surface area contributed by atoms with Crippen molar-refractivity contribution in [3.63, 3.8) is 0 Å². The molecule has 0 saturated heterocycles. The highest BCUT2D eigenvalue weighted by atomic mass is 35.5. The Morgan fingerprint density at radius 1 is 1.00 bits per heavy atom. The normalized spacial score (nSPS) is 13.0. The lowest BCUT2D eigenvalue weighted by Gasteiger charge is -2.26. The van der Waals surface area contributed by atoms with Crippen molar-refractivity contribution >= 4 is 11.6 Å². The number of hydrogen-bond donors (Lipinski definition) is 0. The van der Waals surface area contributed by atoms with Crippen molar-refractivity contribution in [3.05, 3.63) is 34.3 Å². The fourth-order valence-corrected chi connectivity index (χ4v) is 2.29. The van der Waals surface area contributed by atoms with Crippen LogP contribution in [0.5, 0.6) is 0 Å². The Kier molecular flexibility index (Phi) is 3.21. The number of halogens is 1. The molecule has 0 aromatic heterocycles. The second kappa shape index (κ2) is 3.83. The van der Waals surface area contributed by atoms with Gasteiger partial charge in [-0.25, -0.2) is 0 Å². The predicted octanol–water partition coefficient (Wildman–Crippen LogP) is 4.74. The minimum Gasteiger partial charge on any atom is -0.0837 e. The van der Waals surface area contributed by atoms with Gasteiger partial charge in [0.15, 0.2) is 0 Å². The fourth-order valence-electron chi connectivity index (χ4n) is 1.60. The van der Waals surface area contributed by atoms with Crippen molar-refractivity contribution in [1.82, 2.24) is 0 Å². The summed E-state index contributed by atoms with van der Waals surface area (Å²) in [5, 5.41) is 0.873. The standard InChI is InChI=1S/C14H20Cl/c1-13(2,3)10-8-7-9-11(12(10)15)14(4,5)6/h7-8H,1-6H3. The van der Waals surface area contributed by atoms with E-state index in [4.69, 9.17) is 11.6 Å². The van der Waals surface area contributed by atoms with Gasteiger partial charge >= 0.3 is 0 Å². The van der Waals surface area contributed by atoms with Crippen LogP contribution >= 0.6 is 11.6 Å². The number of rotatable bonds is 0. The monoisotopic (exact) mass is 223 g/mol. The summed E-state index contributed by atoms with van der Waals surface area (Å²) in [5.74, 6) is 0. The first-order valence-corrected chi connectivity index (χ1v) is 5.73. The van der Waals surface area contributed by atoms with E-state index in [2.05, 4.69) is 53.7 Å². The van der Waals surface area contributed by atoms with Gasteiger partial charge in [0, 0.05) is 5.02 Å². The lowest BCUT2D eigenvalue weighted by molar-refractivity contribution is 0.568. The summed E-state index contributed by atoms with van der Waals surface area (Å²) < 4.78 is 0. The van der Waals surface area contributed by atoms with Gasteiger partial charge in [0.05, 0.1) is 0 Å². The minimum atomic E-state index is 0.0539. The Morgan fingerprint density at radius 2 is 1.53 bits per heavy atom. The second-order valence-corrected chi connectivity index (χ2v) is 6.46. The van der Waals surface area contributed by atoms with Crippen molar-refractivity contribution in [2.24, 2.45) is 0 Å². The molecule has 0 heterocycles. The van der Waals surface area contributed by atoms with Crippen molar-refractivity contribution in [2.75, 3.05) is 0 Å². The highest BCUT2D eigenvalue weighted by Gasteiger charge is 2.24. The summed E-state index contributed by atoms with van der Waals surface area (Å²) in [4.78, 5) is 0. The van der Waals surface area contributed by atoms with E-state index in [1.54, 1.807) is 0 Å². The maximum Gasteiger partial charge on any atom is 0.0486 e. The van der Waals surface area contributed by atoms with Crippen LogP contribution < -0.4 is 0 Å². The molecule has 0 atom stereocenters. The van der Waals surface area contributed by atoms with Crippen LogP contribution in [0.15, 0.2) is 12.1 Å². The van der Waals surface area contributed by atoms with Crippen LogP contribution in [-0.2, 0) is 10.8 Å². The van der Waals surface area contributed by atoms with Gasteiger partial charge in [-0.2, -0.15) is 0 Å². The predicted molar refractivity (Wildman–Crippen MR) is 67.7 cm³/mol. The zero-order valence-electron chi connectivity index (χ0n) is 10.5. The van der Waals surface area contributed by atoms with E-state index in [1.165, 1.54) is 5.56 Å². The van der Waals surface area contributed by atoms with Crippen LogP contribution in [0.2, 0.25) is 5.02 Å². The van der Waals surface area contributed by atoms with Gasteiger partial charge in [0.25, 0.3) is 0 Å². The molecule has 0 nitrogen and oxygen atoms in total. The van der Waals surface area contributed by atoms with E-state index in [0.717, 1.165) is 10.6 Å². The molecule has 83 valence electrons. The summed E-state index contributed by atoms with van der Waals surface area (Å²) in [5.41, 5.74) is 2.45. The topological polar surface area (TPSA) is 0 Å². The molecule has 0 fully saturated rings. The maximum atomic E-state index is 6.45. The highest BCUT2D eigenvalue weighted by Crippen LogP contribution is 2.36. The van der Waals surface area contributed by atoms with Gasteiger partial charge in [-0.3, -0.25) is 0 Å². The molecule has 0 N–H and O–H groups in total. The number of benzene rings is 1. The molecular formula is C14H20Cl. The molecule has 0 unspecified atom stereocenters. The van der Waals surface area contributed by atoms with Crippen molar-refractivity contribution in [1.29, 1.82) is 0 Å². The summed E-state index contributed by atoms with van der Waals surface area (Å²) in [6.07, 6.45) is 0. The Bertz CT molecular complexity index is 318. The summed E-state index contributed by atoms with van der Waals surface area (Å²) in [7, 11) is 0. The van der Waals surface area contributed by atoms with Crippen LogP contribution in [0, 0.1) is 6.07 Å². The van der Waals surface area contributed by atoms with Crippen molar-refractivity contribution < 1.29 is 0 Å². The van der Waals surface area contributed by atoms with E-state index in [1.807, 2.05) is 6.07 Å². The van der Waals surface area contributed by atoms with Gasteiger partial charge < -0.3 is 0 Å². The zero-order valence-corrected chi connectivity index (χ0v) is 11.3. The average Bonchev–Trinajstić information content (AvgIpc) is 1.99. The molecule has 0 bridgehead atoms. The lowest BCUT2D eigenvalue weighted by Crippen LogP contribution is -2.17. The first-order chi connectivity index (χ1) is 6.64. The van der Waals surface area contributed by atoms with Crippen LogP contribution in [0.3, 0.4) is 0 Å². The highest BCUT2D eigenvalue weighted by molar-refractivity contribution is 6.32. The number of hydrogen-bond acceptors (Lipinski definition) is 0. The van der Waals surface area contributed by atoms with E-state index in [9.17, 15) is 0 Å². The zero-order chi connectivity index (χ0) is 11.9. The SMILES string of the molecule is CC(C)(C)c1[c]ccc(C(C)(C)C)c1Cl. The Balaban J connectivity index is 3.37. The van der Waals surface area contributed by atoms with Gasteiger partial charge in [-0.1, -0.05) is 65.3 Å². The molecule has 15 heavy (non-hydrogen) atoms. The largest absolute Gasteiger partial charge is 0.0837 e. The first-order valence-electron chi connectivity index (χ1n) is 5.35. The van der Waals surface area contributed by atoms with E-state index in [-0.39, 0.29) is 10.8 Å². The Morgan fingerprint density at radius 3 is 1.93 bits per heavy atom. The average molecular weight is 224 g/mol. The van der Waals surface area contributed by atoms with Gasteiger partial charge in [0.1, 0.15) is 0 Å². The van der Waals surface area contributed by atoms with E-state index >= 15 is 0 Å². The summed E-state index contributed by atoms with van der Waals surface area (Å²) in [6, 6.07) is 7.30. The molecule has 1 aromatic rings. The third-order valence-corrected chi connectivity index (χ3v) is 2.88. The second-order valence-electron chi connectivity index (χ2n) is 6.08. The Labute approximate surface area is 98.7 Å². The molecule has 1 rings (SSSR count). The van der Waals surface area contributed by atoms with E-state index in [0.29, 0.717) is 0 Å². The smallest absolute Gasteiger partial charge is 0.0486 e. The summed E-state index contributed by atoms with van der Waals surface area (Å²) >= 11 is 6.45. The van der Waals surface area contributed by atoms with Gasteiger partial charge in [0.2, 0.25) is 0 Å². The van der Waals surface area contributed by atoms with Crippen LogP contribution in [0.1, 0.15) is 52.7 Å². The quantitative estimate of drug-likeness (QED) is 0.596.